The van der Waals surface area contributed by atoms with Gasteiger partial charge in [0.25, 0.3) is 0 Å². The minimum Gasteiger partial charge on any atom is -0.316 e. The van der Waals surface area contributed by atoms with Crippen LogP contribution in [0.4, 0.5) is 5.69 Å². The molecular weight excluding hydrogens is 258 g/mol. The van der Waals surface area contributed by atoms with Crippen LogP contribution in [0.1, 0.15) is 18.1 Å². The monoisotopic (exact) mass is 281 g/mol. The first-order valence-corrected chi connectivity index (χ1v) is 7.19. The van der Waals surface area contributed by atoms with Crippen molar-refractivity contribution in [2.45, 2.75) is 20.8 Å². The van der Waals surface area contributed by atoms with Gasteiger partial charge >= 0.3 is 0 Å². The van der Waals surface area contributed by atoms with Crippen LogP contribution in [0.15, 0.2) is 35.0 Å². The fourth-order valence-electron chi connectivity index (χ4n) is 2.42. The van der Waals surface area contributed by atoms with Crippen LogP contribution >= 0.6 is 0 Å². The highest BCUT2D eigenvalue weighted by molar-refractivity contribution is 5.73. The summed E-state index contributed by atoms with van der Waals surface area (Å²) in [5.41, 5.74) is 4.76. The molecule has 21 heavy (non-hydrogen) atoms. The molecule has 0 saturated heterocycles. The van der Waals surface area contributed by atoms with Crippen LogP contribution in [0.25, 0.3) is 0 Å². The molecule has 0 fully saturated rings. The van der Waals surface area contributed by atoms with Crippen molar-refractivity contribution in [3.8, 4) is 11.8 Å². The normalized spacial score (nSPS) is 16.8. The lowest BCUT2D eigenvalue weighted by atomic mass is 10.0. The van der Waals surface area contributed by atoms with Crippen LogP contribution < -0.4 is 0 Å². The molecule has 0 N–H and O–H groups in total. The lowest BCUT2D eigenvalue weighted by Crippen LogP contribution is -2.27. The van der Waals surface area contributed by atoms with Gasteiger partial charge in [0.15, 0.2) is 0 Å². The first-order valence-electron chi connectivity index (χ1n) is 7.19. The SMILES string of the molecule is CC#C[C@@H](C=Nc1ccc(C)cc1C)C1=CN(C)N(C)C1. The summed E-state index contributed by atoms with van der Waals surface area (Å²) in [6.45, 7) is 6.97. The van der Waals surface area contributed by atoms with E-state index in [1.54, 1.807) is 0 Å². The van der Waals surface area contributed by atoms with Crippen molar-refractivity contribution in [1.29, 1.82) is 0 Å². The van der Waals surface area contributed by atoms with Gasteiger partial charge in [0.1, 0.15) is 0 Å². The third kappa shape index (κ3) is 3.74. The van der Waals surface area contributed by atoms with E-state index in [0.29, 0.717) is 0 Å². The molecule has 0 aromatic heterocycles. The van der Waals surface area contributed by atoms with E-state index in [1.165, 1.54) is 16.7 Å². The van der Waals surface area contributed by atoms with Gasteiger partial charge in [0, 0.05) is 33.1 Å². The minimum absolute atomic E-state index is 0.0723. The topological polar surface area (TPSA) is 18.8 Å². The van der Waals surface area contributed by atoms with Gasteiger partial charge in [-0.15, -0.1) is 5.92 Å². The molecule has 1 aliphatic heterocycles. The number of rotatable bonds is 3. The smallest absolute Gasteiger partial charge is 0.0795 e. The molecule has 0 unspecified atom stereocenters. The average Bonchev–Trinajstić information content (AvgIpc) is 2.76. The number of likely N-dealkylation sites (N-methyl/N-ethyl adjacent to an activating group) is 1. The lowest BCUT2D eigenvalue weighted by molar-refractivity contribution is 0.116. The summed E-state index contributed by atoms with van der Waals surface area (Å²) in [4.78, 5) is 4.66. The molecule has 0 amide bonds. The lowest BCUT2D eigenvalue weighted by Gasteiger charge is -2.19. The van der Waals surface area contributed by atoms with Crippen LogP contribution in [0.5, 0.6) is 0 Å². The van der Waals surface area contributed by atoms with Crippen molar-refractivity contribution in [2.24, 2.45) is 10.9 Å². The number of hydrogen-bond acceptors (Lipinski definition) is 3. The molecule has 0 spiro atoms. The van der Waals surface area contributed by atoms with Crippen LogP contribution in [-0.2, 0) is 0 Å². The van der Waals surface area contributed by atoms with Crippen molar-refractivity contribution >= 4 is 11.9 Å². The van der Waals surface area contributed by atoms with Crippen LogP contribution in [-0.4, -0.2) is 36.9 Å². The van der Waals surface area contributed by atoms with E-state index in [2.05, 4.69) is 72.1 Å². The Morgan fingerprint density at radius 3 is 2.62 bits per heavy atom. The molecular formula is C18H23N3. The molecule has 0 bridgehead atoms. The van der Waals surface area contributed by atoms with Crippen molar-refractivity contribution in [3.05, 3.63) is 41.1 Å². The summed E-state index contributed by atoms with van der Waals surface area (Å²) in [6.07, 6.45) is 4.11. The number of benzene rings is 1. The predicted molar refractivity (Wildman–Crippen MR) is 89.5 cm³/mol. The average molecular weight is 281 g/mol. The van der Waals surface area contributed by atoms with Crippen molar-refractivity contribution < 1.29 is 0 Å². The highest BCUT2D eigenvalue weighted by atomic mass is 15.6. The van der Waals surface area contributed by atoms with Gasteiger partial charge in [-0.05, 0) is 38.0 Å². The molecule has 1 atom stereocenters. The van der Waals surface area contributed by atoms with Gasteiger partial charge in [0.05, 0.1) is 11.6 Å². The molecule has 0 saturated carbocycles. The Bertz CT molecular complexity index is 632. The highest BCUT2D eigenvalue weighted by Crippen LogP contribution is 2.22. The Hall–Kier alpha value is -2.05. The van der Waals surface area contributed by atoms with Crippen molar-refractivity contribution in [2.75, 3.05) is 20.6 Å². The molecule has 2 rings (SSSR count). The molecule has 1 aromatic rings. The second kappa shape index (κ2) is 6.60. The van der Waals surface area contributed by atoms with E-state index < -0.39 is 0 Å². The van der Waals surface area contributed by atoms with E-state index in [0.717, 1.165) is 12.2 Å². The van der Waals surface area contributed by atoms with E-state index in [9.17, 15) is 0 Å². The zero-order valence-corrected chi connectivity index (χ0v) is 13.5. The first kappa shape index (κ1) is 15.3. The van der Waals surface area contributed by atoms with Crippen LogP contribution in [0, 0.1) is 31.6 Å². The zero-order valence-electron chi connectivity index (χ0n) is 13.5. The number of hydrazine groups is 1. The Morgan fingerprint density at radius 2 is 2.05 bits per heavy atom. The molecule has 1 aliphatic rings. The Balaban J connectivity index is 2.22. The number of aliphatic imine (C=N–C) groups is 1. The zero-order chi connectivity index (χ0) is 15.4. The standard InChI is InChI=1S/C18H23N3/c1-6-7-16(17-12-20(4)21(5)13-17)11-19-18-9-8-14(2)10-15(18)3/h8-12,16H,13H2,1-5H3/t16-/m0/s1. The van der Waals surface area contributed by atoms with Crippen molar-refractivity contribution in [3.63, 3.8) is 0 Å². The third-order valence-corrected chi connectivity index (χ3v) is 3.72. The maximum absolute atomic E-state index is 4.66. The predicted octanol–water partition coefficient (Wildman–Crippen LogP) is 3.32. The van der Waals surface area contributed by atoms with E-state index >= 15 is 0 Å². The highest BCUT2D eigenvalue weighted by Gasteiger charge is 2.20. The Labute approximate surface area is 127 Å². The molecule has 1 aromatic carbocycles. The molecule has 1 heterocycles. The van der Waals surface area contributed by atoms with Gasteiger partial charge in [-0.1, -0.05) is 23.6 Å². The molecule has 3 nitrogen and oxygen atoms in total. The molecule has 0 aliphatic carbocycles. The third-order valence-electron chi connectivity index (χ3n) is 3.72. The van der Waals surface area contributed by atoms with Gasteiger partial charge in [-0.25, -0.2) is 5.01 Å². The van der Waals surface area contributed by atoms with Crippen LogP contribution in [0.3, 0.4) is 0 Å². The van der Waals surface area contributed by atoms with E-state index in [1.807, 2.05) is 20.2 Å². The second-order valence-electron chi connectivity index (χ2n) is 5.53. The quantitative estimate of drug-likeness (QED) is 0.625. The summed E-state index contributed by atoms with van der Waals surface area (Å²) >= 11 is 0. The summed E-state index contributed by atoms with van der Waals surface area (Å²) in [5, 5.41) is 4.25. The maximum Gasteiger partial charge on any atom is 0.0795 e. The fraction of sp³-hybridized carbons (Fsp3) is 0.389. The van der Waals surface area contributed by atoms with Gasteiger partial charge in [-0.2, -0.15) is 0 Å². The summed E-state index contributed by atoms with van der Waals surface area (Å²) in [7, 11) is 4.12. The first-order chi connectivity index (χ1) is 10.0. The summed E-state index contributed by atoms with van der Waals surface area (Å²) < 4.78 is 0. The van der Waals surface area contributed by atoms with E-state index in [4.69, 9.17) is 0 Å². The Morgan fingerprint density at radius 1 is 1.29 bits per heavy atom. The van der Waals surface area contributed by atoms with Gasteiger partial charge in [-0.3, -0.25) is 4.99 Å². The fourth-order valence-corrected chi connectivity index (χ4v) is 2.42. The number of hydrogen-bond donors (Lipinski definition) is 0. The van der Waals surface area contributed by atoms with Gasteiger partial charge < -0.3 is 5.01 Å². The number of nitrogens with zero attached hydrogens (tertiary/aromatic N) is 3. The molecule has 0 radical (unpaired) electrons. The molecule has 110 valence electrons. The number of aryl methyl sites for hydroxylation is 2. The van der Waals surface area contributed by atoms with Gasteiger partial charge in [0.2, 0.25) is 0 Å². The maximum atomic E-state index is 4.66. The summed E-state index contributed by atoms with van der Waals surface area (Å²) in [6, 6.07) is 6.32. The summed E-state index contributed by atoms with van der Waals surface area (Å²) in [5.74, 6) is 6.33. The molecule has 3 heteroatoms. The van der Waals surface area contributed by atoms with E-state index in [-0.39, 0.29) is 5.92 Å². The van der Waals surface area contributed by atoms with Crippen LogP contribution in [0.2, 0.25) is 0 Å². The largest absolute Gasteiger partial charge is 0.316 e. The second-order valence-corrected chi connectivity index (χ2v) is 5.53. The minimum atomic E-state index is 0.0723. The van der Waals surface area contributed by atoms with Crippen molar-refractivity contribution in [1.82, 2.24) is 10.0 Å². The Kier molecular flexibility index (Phi) is 4.82.